The zero-order valence-corrected chi connectivity index (χ0v) is 16.1. The number of allylic oxidation sites excluding steroid dienone is 2. The predicted octanol–water partition coefficient (Wildman–Crippen LogP) is 5.86. The van der Waals surface area contributed by atoms with Crippen LogP contribution in [0.1, 0.15) is 11.1 Å². The Bertz CT molecular complexity index is 880. The minimum atomic E-state index is -0.312. The molecule has 3 nitrogen and oxygen atoms in total. The van der Waals surface area contributed by atoms with E-state index in [-0.39, 0.29) is 17.7 Å². The van der Waals surface area contributed by atoms with Gasteiger partial charge >= 0.3 is 0 Å². The molecule has 0 unspecified atom stereocenters. The molecular weight excluding hydrogens is 422 g/mol. The van der Waals surface area contributed by atoms with Crippen molar-refractivity contribution in [3.8, 4) is 0 Å². The Balaban J connectivity index is 1.79. The monoisotopic (exact) mass is 433 g/mol. The van der Waals surface area contributed by atoms with Gasteiger partial charge in [-0.2, -0.15) is 0 Å². The van der Waals surface area contributed by atoms with Crippen LogP contribution >= 0.6 is 39.3 Å². The van der Waals surface area contributed by atoms with Gasteiger partial charge in [0.1, 0.15) is 0 Å². The zero-order chi connectivity index (χ0) is 17.8. The fourth-order valence-electron chi connectivity index (χ4n) is 2.31. The average Bonchev–Trinajstić information content (AvgIpc) is 2.85. The lowest BCUT2D eigenvalue weighted by Gasteiger charge is -2.13. The number of thioether (sulfide) groups is 1. The summed E-state index contributed by atoms with van der Waals surface area (Å²) in [4.78, 5) is 26.3. The standard InChI is InChI=1S/C19H13BrClNO2S/c20-15(10-13-6-2-1-3-7-13)11-17-18(23)22(19(24)25-17)12-14-8-4-5-9-16(14)21/h1-11H,12H2/b15-10-,17-11-. The minimum Gasteiger partial charge on any atom is -0.268 e. The molecule has 0 saturated carbocycles. The highest BCUT2D eigenvalue weighted by molar-refractivity contribution is 9.12. The van der Waals surface area contributed by atoms with Gasteiger partial charge < -0.3 is 0 Å². The van der Waals surface area contributed by atoms with Crippen molar-refractivity contribution in [1.29, 1.82) is 0 Å². The molecule has 0 aliphatic carbocycles. The molecule has 1 aliphatic heterocycles. The topological polar surface area (TPSA) is 37.4 Å². The third-order valence-corrected chi connectivity index (χ3v) is 5.27. The summed E-state index contributed by atoms with van der Waals surface area (Å²) in [6.45, 7) is 0.168. The summed E-state index contributed by atoms with van der Waals surface area (Å²) >= 11 is 10.5. The number of benzene rings is 2. The molecule has 2 aromatic rings. The lowest BCUT2D eigenvalue weighted by molar-refractivity contribution is -0.123. The SMILES string of the molecule is O=C1S/C(=C\C(Br)=C\c2ccccc2)C(=O)N1Cc1ccccc1Cl. The third-order valence-electron chi connectivity index (χ3n) is 3.53. The second-order valence-corrected chi connectivity index (χ2v) is 7.62. The third kappa shape index (κ3) is 4.42. The van der Waals surface area contributed by atoms with Gasteiger partial charge in [-0.3, -0.25) is 14.5 Å². The van der Waals surface area contributed by atoms with Crippen LogP contribution in [0.15, 0.2) is 70.1 Å². The molecule has 0 aromatic heterocycles. The number of amides is 2. The number of rotatable bonds is 4. The molecule has 3 rings (SSSR count). The van der Waals surface area contributed by atoms with Gasteiger partial charge in [-0.25, -0.2) is 0 Å². The summed E-state index contributed by atoms with van der Waals surface area (Å²) in [6, 6.07) is 16.9. The van der Waals surface area contributed by atoms with Crippen LogP contribution in [0.4, 0.5) is 4.79 Å². The maximum absolute atomic E-state index is 12.5. The molecule has 0 spiro atoms. The van der Waals surface area contributed by atoms with Gasteiger partial charge in [-0.05, 0) is 41.1 Å². The molecule has 0 N–H and O–H groups in total. The smallest absolute Gasteiger partial charge is 0.268 e. The number of halogens is 2. The molecule has 0 bridgehead atoms. The van der Waals surface area contributed by atoms with E-state index in [1.807, 2.05) is 48.5 Å². The second-order valence-electron chi connectivity index (χ2n) is 5.30. The Kier molecular flexibility index (Phi) is 5.78. The van der Waals surface area contributed by atoms with Gasteiger partial charge in [0.05, 0.1) is 11.4 Å². The van der Waals surface area contributed by atoms with Crippen molar-refractivity contribution in [3.05, 3.63) is 86.2 Å². The van der Waals surface area contributed by atoms with E-state index in [4.69, 9.17) is 11.6 Å². The number of carbonyl (C=O) groups is 2. The van der Waals surface area contributed by atoms with Crippen molar-refractivity contribution in [2.45, 2.75) is 6.54 Å². The first-order chi connectivity index (χ1) is 12.0. The van der Waals surface area contributed by atoms with E-state index in [1.54, 1.807) is 18.2 Å². The average molecular weight is 435 g/mol. The largest absolute Gasteiger partial charge is 0.293 e. The first-order valence-electron chi connectivity index (χ1n) is 7.45. The fraction of sp³-hybridized carbons (Fsp3) is 0.0526. The number of imide groups is 1. The molecule has 25 heavy (non-hydrogen) atoms. The second kappa shape index (κ2) is 8.04. The van der Waals surface area contributed by atoms with E-state index in [0.29, 0.717) is 9.93 Å². The van der Waals surface area contributed by atoms with Crippen LogP contribution in [0.3, 0.4) is 0 Å². The van der Waals surface area contributed by atoms with Crippen LogP contribution in [0.2, 0.25) is 5.02 Å². The van der Waals surface area contributed by atoms with E-state index in [1.165, 1.54) is 4.90 Å². The number of hydrogen-bond acceptors (Lipinski definition) is 3. The van der Waals surface area contributed by atoms with Crippen LogP contribution in [-0.4, -0.2) is 16.0 Å². The maximum Gasteiger partial charge on any atom is 0.293 e. The van der Waals surface area contributed by atoms with Gasteiger partial charge in [0.25, 0.3) is 11.1 Å². The maximum atomic E-state index is 12.5. The molecule has 1 aliphatic rings. The van der Waals surface area contributed by atoms with Crippen LogP contribution in [0.5, 0.6) is 0 Å². The van der Waals surface area contributed by atoms with Crippen molar-refractivity contribution in [2.24, 2.45) is 0 Å². The molecule has 2 aromatic carbocycles. The van der Waals surface area contributed by atoms with Gasteiger partial charge in [-0.1, -0.05) is 76.1 Å². The van der Waals surface area contributed by atoms with Crippen LogP contribution in [0.25, 0.3) is 6.08 Å². The van der Waals surface area contributed by atoms with Gasteiger partial charge in [0.15, 0.2) is 0 Å². The van der Waals surface area contributed by atoms with Crippen LogP contribution < -0.4 is 0 Å². The van der Waals surface area contributed by atoms with Gasteiger partial charge in [0, 0.05) is 9.51 Å². The molecule has 1 fully saturated rings. The quantitative estimate of drug-likeness (QED) is 0.566. The van der Waals surface area contributed by atoms with E-state index >= 15 is 0 Å². The van der Waals surface area contributed by atoms with Crippen molar-refractivity contribution >= 4 is 56.5 Å². The Labute approximate surface area is 163 Å². The summed E-state index contributed by atoms with van der Waals surface area (Å²) in [5.74, 6) is -0.312. The molecule has 1 heterocycles. The van der Waals surface area contributed by atoms with Gasteiger partial charge in [-0.15, -0.1) is 0 Å². The van der Waals surface area contributed by atoms with Crippen molar-refractivity contribution in [2.75, 3.05) is 0 Å². The summed E-state index contributed by atoms with van der Waals surface area (Å²) in [6.07, 6.45) is 3.56. The van der Waals surface area contributed by atoms with Gasteiger partial charge in [0.2, 0.25) is 0 Å². The van der Waals surface area contributed by atoms with E-state index in [0.717, 1.165) is 27.4 Å². The summed E-state index contributed by atoms with van der Waals surface area (Å²) in [7, 11) is 0. The normalized spacial score (nSPS) is 16.8. The Morgan fingerprint density at radius 3 is 2.48 bits per heavy atom. The Morgan fingerprint density at radius 2 is 1.76 bits per heavy atom. The molecule has 0 atom stereocenters. The lowest BCUT2D eigenvalue weighted by Crippen LogP contribution is -2.27. The zero-order valence-electron chi connectivity index (χ0n) is 13.0. The molecule has 2 amide bonds. The minimum absolute atomic E-state index is 0.168. The van der Waals surface area contributed by atoms with E-state index < -0.39 is 0 Å². The van der Waals surface area contributed by atoms with Crippen molar-refractivity contribution in [3.63, 3.8) is 0 Å². The van der Waals surface area contributed by atoms with Crippen molar-refractivity contribution in [1.82, 2.24) is 4.90 Å². The molecular formula is C19H13BrClNO2S. The Morgan fingerprint density at radius 1 is 1.08 bits per heavy atom. The molecule has 6 heteroatoms. The van der Waals surface area contributed by atoms with Crippen LogP contribution in [0, 0.1) is 0 Å². The predicted molar refractivity (Wildman–Crippen MR) is 106 cm³/mol. The first kappa shape index (κ1) is 18.0. The highest BCUT2D eigenvalue weighted by Crippen LogP contribution is 2.34. The van der Waals surface area contributed by atoms with E-state index in [2.05, 4.69) is 15.9 Å². The van der Waals surface area contributed by atoms with E-state index in [9.17, 15) is 9.59 Å². The highest BCUT2D eigenvalue weighted by atomic mass is 79.9. The Hall–Kier alpha value is -1.82. The number of nitrogens with zero attached hydrogens (tertiary/aromatic N) is 1. The number of hydrogen-bond donors (Lipinski definition) is 0. The molecule has 126 valence electrons. The number of carbonyl (C=O) groups excluding carboxylic acids is 2. The molecule has 0 radical (unpaired) electrons. The first-order valence-corrected chi connectivity index (χ1v) is 9.44. The highest BCUT2D eigenvalue weighted by Gasteiger charge is 2.35. The summed E-state index contributed by atoms with van der Waals surface area (Å²) in [5.41, 5.74) is 1.74. The summed E-state index contributed by atoms with van der Waals surface area (Å²) < 4.78 is 0.724. The van der Waals surface area contributed by atoms with Crippen molar-refractivity contribution < 1.29 is 9.59 Å². The fourth-order valence-corrected chi connectivity index (χ4v) is 3.98. The lowest BCUT2D eigenvalue weighted by atomic mass is 10.2. The molecule has 1 saturated heterocycles. The summed E-state index contributed by atoms with van der Waals surface area (Å²) in [5, 5.41) is 0.242. The van der Waals surface area contributed by atoms with Crippen LogP contribution in [-0.2, 0) is 11.3 Å².